The van der Waals surface area contributed by atoms with Crippen LogP contribution < -0.4 is 4.31 Å². The Bertz CT molecular complexity index is 666. The Morgan fingerprint density at radius 3 is 3.05 bits per heavy atom. The van der Waals surface area contributed by atoms with E-state index in [4.69, 9.17) is 0 Å². The Kier molecular flexibility index (Phi) is 3.28. The molecular formula is C13H14N2O2S2. The maximum absolute atomic E-state index is 12.4. The minimum Gasteiger partial charge on any atom is -0.270 e. The molecule has 0 N–H and O–H groups in total. The first-order chi connectivity index (χ1) is 9.17. The number of hydrogen-bond acceptors (Lipinski definition) is 4. The molecule has 19 heavy (non-hydrogen) atoms. The van der Waals surface area contributed by atoms with Gasteiger partial charge in [-0.25, -0.2) is 8.42 Å². The number of sulfonamides is 1. The van der Waals surface area contributed by atoms with Crippen LogP contribution in [0.3, 0.4) is 0 Å². The molecule has 3 heterocycles. The fourth-order valence-electron chi connectivity index (χ4n) is 2.28. The first-order valence-electron chi connectivity index (χ1n) is 6.12. The molecule has 1 aliphatic rings. The predicted molar refractivity (Wildman–Crippen MR) is 77.1 cm³/mol. The van der Waals surface area contributed by atoms with Gasteiger partial charge in [0.05, 0.1) is 11.4 Å². The number of anilines is 1. The number of nitrogens with zero attached hydrogens (tertiary/aromatic N) is 2. The molecule has 0 aromatic carbocycles. The zero-order valence-corrected chi connectivity index (χ0v) is 12.0. The third-order valence-electron chi connectivity index (χ3n) is 3.25. The Morgan fingerprint density at radius 2 is 2.26 bits per heavy atom. The van der Waals surface area contributed by atoms with Crippen LogP contribution in [0.25, 0.3) is 0 Å². The van der Waals surface area contributed by atoms with Crippen LogP contribution >= 0.6 is 11.3 Å². The smallest absolute Gasteiger partial charge is 0.235 e. The van der Waals surface area contributed by atoms with Crippen molar-refractivity contribution in [2.24, 2.45) is 0 Å². The highest BCUT2D eigenvalue weighted by molar-refractivity contribution is 7.92. The minimum atomic E-state index is -3.24. The fraction of sp³-hybridized carbons (Fsp3) is 0.308. The van der Waals surface area contributed by atoms with Crippen LogP contribution in [0.2, 0.25) is 0 Å². The molecule has 2 aromatic heterocycles. The zero-order valence-electron chi connectivity index (χ0n) is 10.3. The van der Waals surface area contributed by atoms with Gasteiger partial charge in [0.2, 0.25) is 10.0 Å². The van der Waals surface area contributed by atoms with Crippen LogP contribution in [-0.4, -0.2) is 25.7 Å². The molecule has 0 fully saturated rings. The lowest BCUT2D eigenvalue weighted by Crippen LogP contribution is -2.31. The van der Waals surface area contributed by atoms with Crippen molar-refractivity contribution in [1.29, 1.82) is 0 Å². The number of aryl methyl sites for hydroxylation is 1. The summed E-state index contributed by atoms with van der Waals surface area (Å²) < 4.78 is 26.3. The fourth-order valence-corrected chi connectivity index (χ4v) is 4.67. The first-order valence-corrected chi connectivity index (χ1v) is 8.61. The van der Waals surface area contributed by atoms with Gasteiger partial charge in [0.15, 0.2) is 0 Å². The molecule has 0 saturated carbocycles. The summed E-state index contributed by atoms with van der Waals surface area (Å²) in [6.07, 6.45) is 4.73. The maximum Gasteiger partial charge on any atom is 0.235 e. The zero-order chi connectivity index (χ0) is 13.3. The van der Waals surface area contributed by atoms with Gasteiger partial charge in [-0.3, -0.25) is 9.29 Å². The molecule has 0 unspecified atom stereocenters. The van der Waals surface area contributed by atoms with E-state index < -0.39 is 10.0 Å². The quantitative estimate of drug-likeness (QED) is 0.867. The van der Waals surface area contributed by atoms with E-state index in [0.717, 1.165) is 22.5 Å². The summed E-state index contributed by atoms with van der Waals surface area (Å²) in [6, 6.07) is 5.70. The van der Waals surface area contributed by atoms with Crippen LogP contribution in [0, 0.1) is 0 Å². The van der Waals surface area contributed by atoms with Crippen LogP contribution in [-0.2, 0) is 22.9 Å². The summed E-state index contributed by atoms with van der Waals surface area (Å²) in [7, 11) is -3.24. The second-order valence-electron chi connectivity index (χ2n) is 4.47. The molecule has 3 rings (SSSR count). The van der Waals surface area contributed by atoms with Crippen molar-refractivity contribution in [2.75, 3.05) is 16.6 Å². The van der Waals surface area contributed by atoms with Gasteiger partial charge in [-0.2, -0.15) is 0 Å². The number of hydrogen-bond donors (Lipinski definition) is 0. The minimum absolute atomic E-state index is 0.162. The van der Waals surface area contributed by atoms with E-state index in [1.165, 1.54) is 4.31 Å². The summed E-state index contributed by atoms with van der Waals surface area (Å²) in [5.41, 5.74) is 1.81. The Labute approximate surface area is 116 Å². The molecular weight excluding hydrogens is 280 g/mol. The van der Waals surface area contributed by atoms with Crippen LogP contribution in [0.4, 0.5) is 5.69 Å². The number of fused-ring (bicyclic) bond motifs is 1. The van der Waals surface area contributed by atoms with Crippen molar-refractivity contribution in [2.45, 2.75) is 12.8 Å². The lowest BCUT2D eigenvalue weighted by atomic mass is 10.2. The van der Waals surface area contributed by atoms with E-state index in [2.05, 4.69) is 4.98 Å². The normalized spacial score (nSPS) is 14.6. The maximum atomic E-state index is 12.4. The molecule has 6 heteroatoms. The predicted octanol–water partition coefficient (Wildman–Crippen LogP) is 2.08. The van der Waals surface area contributed by atoms with Gasteiger partial charge in [0, 0.05) is 23.8 Å². The lowest BCUT2D eigenvalue weighted by molar-refractivity contribution is 0.591. The van der Waals surface area contributed by atoms with E-state index in [1.807, 2.05) is 17.5 Å². The molecule has 0 amide bonds. The van der Waals surface area contributed by atoms with Gasteiger partial charge in [-0.15, -0.1) is 11.3 Å². The summed E-state index contributed by atoms with van der Waals surface area (Å²) >= 11 is 1.60. The molecule has 0 radical (unpaired) electrons. The lowest BCUT2D eigenvalue weighted by Gasteiger charge is -2.19. The SMILES string of the molecule is O=S(=O)(CCc1cccs1)N1CCc2cnccc21. The monoisotopic (exact) mass is 294 g/mol. The molecule has 1 aliphatic heterocycles. The van der Waals surface area contributed by atoms with Crippen LogP contribution in [0.5, 0.6) is 0 Å². The topological polar surface area (TPSA) is 50.3 Å². The largest absolute Gasteiger partial charge is 0.270 e. The van der Waals surface area contributed by atoms with Crippen LogP contribution in [0.1, 0.15) is 10.4 Å². The highest BCUT2D eigenvalue weighted by Crippen LogP contribution is 2.29. The molecule has 0 spiro atoms. The van der Waals surface area contributed by atoms with Gasteiger partial charge in [-0.05, 0) is 35.9 Å². The van der Waals surface area contributed by atoms with Crippen molar-refractivity contribution in [3.8, 4) is 0 Å². The molecule has 100 valence electrons. The highest BCUT2D eigenvalue weighted by atomic mass is 32.2. The van der Waals surface area contributed by atoms with Gasteiger partial charge in [0.1, 0.15) is 0 Å². The second kappa shape index (κ2) is 4.94. The van der Waals surface area contributed by atoms with E-state index in [-0.39, 0.29) is 5.75 Å². The van der Waals surface area contributed by atoms with Crippen molar-refractivity contribution in [1.82, 2.24) is 4.98 Å². The summed E-state index contributed by atoms with van der Waals surface area (Å²) in [5, 5.41) is 1.97. The standard InChI is InChI=1S/C13H14N2O2S2/c16-19(17,9-5-12-2-1-8-18-12)15-7-4-11-10-14-6-3-13(11)15/h1-3,6,8,10H,4-5,7,9H2. The molecule has 2 aromatic rings. The number of rotatable bonds is 4. The van der Waals surface area contributed by atoms with Gasteiger partial charge in [-0.1, -0.05) is 6.07 Å². The molecule has 0 atom stereocenters. The molecule has 0 aliphatic carbocycles. The average Bonchev–Trinajstić information content (AvgIpc) is 3.06. The van der Waals surface area contributed by atoms with Gasteiger partial charge >= 0.3 is 0 Å². The Hall–Kier alpha value is -1.40. The number of thiophene rings is 1. The van der Waals surface area contributed by atoms with Crippen molar-refractivity contribution in [3.63, 3.8) is 0 Å². The Balaban J connectivity index is 1.78. The van der Waals surface area contributed by atoms with Crippen LogP contribution in [0.15, 0.2) is 36.0 Å². The van der Waals surface area contributed by atoms with Gasteiger partial charge < -0.3 is 0 Å². The Morgan fingerprint density at radius 1 is 1.37 bits per heavy atom. The third-order valence-corrected chi connectivity index (χ3v) is 5.96. The van der Waals surface area contributed by atoms with E-state index in [9.17, 15) is 8.42 Å². The van der Waals surface area contributed by atoms with E-state index in [0.29, 0.717) is 13.0 Å². The summed E-state index contributed by atoms with van der Waals surface area (Å²) in [6.45, 7) is 0.536. The van der Waals surface area contributed by atoms with Crippen molar-refractivity contribution >= 4 is 27.0 Å². The first kappa shape index (κ1) is 12.6. The average molecular weight is 294 g/mol. The van der Waals surface area contributed by atoms with Crippen molar-refractivity contribution < 1.29 is 8.42 Å². The molecule has 4 nitrogen and oxygen atoms in total. The third kappa shape index (κ3) is 2.50. The molecule has 0 bridgehead atoms. The number of aromatic nitrogens is 1. The van der Waals surface area contributed by atoms with E-state index in [1.54, 1.807) is 29.8 Å². The highest BCUT2D eigenvalue weighted by Gasteiger charge is 2.28. The van der Waals surface area contributed by atoms with E-state index >= 15 is 0 Å². The summed E-state index contributed by atoms with van der Waals surface area (Å²) in [4.78, 5) is 5.15. The number of pyridine rings is 1. The summed E-state index contributed by atoms with van der Waals surface area (Å²) in [5.74, 6) is 0.162. The second-order valence-corrected chi connectivity index (χ2v) is 7.52. The van der Waals surface area contributed by atoms with Crippen molar-refractivity contribution in [3.05, 3.63) is 46.4 Å². The molecule has 0 saturated heterocycles. The van der Waals surface area contributed by atoms with Gasteiger partial charge in [0.25, 0.3) is 0 Å².